The molecule has 30 heavy (non-hydrogen) atoms. The van der Waals surface area contributed by atoms with Crippen molar-refractivity contribution in [2.75, 3.05) is 0 Å². The summed E-state index contributed by atoms with van der Waals surface area (Å²) >= 11 is -2.41. The fraction of sp³-hybridized carbons (Fsp3) is 0.444. The summed E-state index contributed by atoms with van der Waals surface area (Å²) in [7, 11) is 0. The van der Waals surface area contributed by atoms with Crippen molar-refractivity contribution >= 4 is 32.9 Å². The molecule has 0 aliphatic heterocycles. The van der Waals surface area contributed by atoms with Gasteiger partial charge in [-0.15, -0.1) is 0 Å². The minimum absolute atomic E-state index is 0.0262. The second-order valence-corrected chi connectivity index (χ2v) is 21.9. The van der Waals surface area contributed by atoms with Crippen molar-refractivity contribution in [1.29, 1.82) is 0 Å². The zero-order chi connectivity index (χ0) is 21.4. The maximum absolute atomic E-state index is 12.5. The summed E-state index contributed by atoms with van der Waals surface area (Å²) in [5.41, 5.74) is 1.69. The first-order valence-corrected chi connectivity index (χ1v) is 19.3. The van der Waals surface area contributed by atoms with E-state index in [4.69, 9.17) is 4.42 Å². The van der Waals surface area contributed by atoms with Crippen LogP contribution in [0.25, 0.3) is 22.3 Å². The van der Waals surface area contributed by atoms with E-state index in [1.54, 1.807) is 9.65 Å². The number of rotatable bonds is 11. The van der Waals surface area contributed by atoms with Crippen LogP contribution in [0.5, 0.6) is 0 Å². The van der Waals surface area contributed by atoms with E-state index in [0.29, 0.717) is 16.7 Å². The van der Waals surface area contributed by atoms with Gasteiger partial charge in [-0.2, -0.15) is 0 Å². The van der Waals surface area contributed by atoms with E-state index < -0.39 is 18.4 Å². The minimum atomic E-state index is -2.41. The standard InChI is InChI=1S/C15H9O2.3C4H9.Sn/c16-13-10-15(11-6-2-1-3-7-11)17-14-9-5-4-8-12(13)14;3*1-3-4-2;/h2-10H;3*1,3-4H2,2H3;. The van der Waals surface area contributed by atoms with Gasteiger partial charge in [0, 0.05) is 0 Å². The molecule has 0 aliphatic carbocycles. The number of fused-ring (bicyclic) bond motifs is 1. The predicted molar refractivity (Wildman–Crippen MR) is 132 cm³/mol. The number of hydrogen-bond donors (Lipinski definition) is 0. The Hall–Kier alpha value is -1.55. The van der Waals surface area contributed by atoms with Crippen molar-refractivity contribution in [3.8, 4) is 11.3 Å². The van der Waals surface area contributed by atoms with Gasteiger partial charge in [0.2, 0.25) is 0 Å². The summed E-state index contributed by atoms with van der Waals surface area (Å²) < 4.78 is 12.1. The van der Waals surface area contributed by atoms with Gasteiger partial charge in [-0.3, -0.25) is 0 Å². The first-order chi connectivity index (χ1) is 14.6. The van der Waals surface area contributed by atoms with Gasteiger partial charge in [-0.05, 0) is 0 Å². The van der Waals surface area contributed by atoms with Crippen molar-refractivity contribution in [2.45, 2.75) is 72.6 Å². The Morgan fingerprint density at radius 2 is 1.33 bits per heavy atom. The van der Waals surface area contributed by atoms with E-state index in [-0.39, 0.29) is 5.43 Å². The van der Waals surface area contributed by atoms with Crippen molar-refractivity contribution in [1.82, 2.24) is 0 Å². The molecule has 0 fully saturated rings. The molecule has 0 saturated heterocycles. The van der Waals surface area contributed by atoms with E-state index in [0.717, 1.165) is 5.56 Å². The molecule has 0 aliphatic rings. The Kier molecular flexibility index (Phi) is 8.61. The van der Waals surface area contributed by atoms with Gasteiger partial charge in [0.1, 0.15) is 0 Å². The second-order valence-electron chi connectivity index (χ2n) is 8.64. The molecular formula is C27H36O2Sn. The predicted octanol–water partition coefficient (Wildman–Crippen LogP) is 7.52. The van der Waals surface area contributed by atoms with Gasteiger partial charge in [0.25, 0.3) is 0 Å². The van der Waals surface area contributed by atoms with Crippen molar-refractivity contribution in [3.63, 3.8) is 0 Å². The number of benzene rings is 2. The van der Waals surface area contributed by atoms with Crippen LogP contribution in [0.2, 0.25) is 13.3 Å². The Balaban J connectivity index is 1.96. The molecule has 3 heteroatoms. The van der Waals surface area contributed by atoms with Gasteiger partial charge in [0.15, 0.2) is 0 Å². The van der Waals surface area contributed by atoms with Crippen molar-refractivity contribution < 1.29 is 4.42 Å². The summed E-state index contributed by atoms with van der Waals surface area (Å²) in [6.07, 6.45) is 7.96. The number of para-hydroxylation sites is 1. The molecule has 3 rings (SSSR count). The van der Waals surface area contributed by atoms with E-state index in [2.05, 4.69) is 45.0 Å². The third-order valence-electron chi connectivity index (χ3n) is 6.44. The van der Waals surface area contributed by atoms with Crippen LogP contribution in [0.3, 0.4) is 0 Å². The first kappa shape index (κ1) is 23.1. The fourth-order valence-corrected chi connectivity index (χ4v) is 20.5. The molecule has 0 atom stereocenters. The van der Waals surface area contributed by atoms with Gasteiger partial charge in [0.05, 0.1) is 0 Å². The second kappa shape index (κ2) is 11.2. The van der Waals surface area contributed by atoms with Crippen LogP contribution >= 0.6 is 0 Å². The first-order valence-electron chi connectivity index (χ1n) is 11.8. The fourth-order valence-electron chi connectivity index (χ4n) is 4.59. The maximum atomic E-state index is 12.5. The van der Waals surface area contributed by atoms with Gasteiger partial charge < -0.3 is 0 Å². The van der Waals surface area contributed by atoms with Crippen LogP contribution < -0.4 is 9.01 Å². The molecule has 0 amide bonds. The molecule has 2 aromatic carbocycles. The summed E-state index contributed by atoms with van der Waals surface area (Å²) in [5, 5.41) is 0.645. The van der Waals surface area contributed by atoms with Crippen LogP contribution in [0.1, 0.15) is 59.3 Å². The molecule has 2 nitrogen and oxygen atoms in total. The van der Waals surface area contributed by atoms with E-state index in [9.17, 15) is 4.79 Å². The summed E-state index contributed by atoms with van der Waals surface area (Å²) in [6, 6.07) is 18.3. The molecule has 160 valence electrons. The van der Waals surface area contributed by atoms with E-state index in [1.165, 1.54) is 51.8 Å². The van der Waals surface area contributed by atoms with Crippen LogP contribution in [0, 0.1) is 0 Å². The van der Waals surface area contributed by atoms with E-state index >= 15 is 0 Å². The summed E-state index contributed by atoms with van der Waals surface area (Å²) in [6.45, 7) is 6.96. The van der Waals surface area contributed by atoms with Crippen LogP contribution in [-0.2, 0) is 0 Å². The van der Waals surface area contributed by atoms with Crippen LogP contribution in [0.15, 0.2) is 63.8 Å². The Bertz CT molecular complexity index is 966. The van der Waals surface area contributed by atoms with Crippen molar-refractivity contribution in [2.24, 2.45) is 0 Å². The van der Waals surface area contributed by atoms with Crippen molar-refractivity contribution in [3.05, 3.63) is 64.8 Å². The summed E-state index contributed by atoms with van der Waals surface area (Å²) in [5.74, 6) is 0.668. The molecule has 1 heterocycles. The molecule has 0 saturated carbocycles. The van der Waals surface area contributed by atoms with Crippen LogP contribution in [-0.4, -0.2) is 18.4 Å². The van der Waals surface area contributed by atoms with Gasteiger partial charge >= 0.3 is 186 Å². The molecule has 0 unspecified atom stereocenters. The quantitative estimate of drug-likeness (QED) is 0.250. The molecule has 0 radical (unpaired) electrons. The number of hydrogen-bond acceptors (Lipinski definition) is 2. The van der Waals surface area contributed by atoms with Crippen LogP contribution in [0.4, 0.5) is 0 Å². The average Bonchev–Trinajstić information content (AvgIpc) is 2.79. The van der Waals surface area contributed by atoms with Gasteiger partial charge in [-0.25, -0.2) is 0 Å². The Morgan fingerprint density at radius 1 is 0.767 bits per heavy atom. The Morgan fingerprint density at radius 3 is 1.90 bits per heavy atom. The topological polar surface area (TPSA) is 30.2 Å². The molecule has 0 N–H and O–H groups in total. The Labute approximate surface area is 185 Å². The SMILES string of the molecule is CCC[CH2][Sn]([CH2]CCC)([CH2]CCC)[c]1ccc(-c2cc(=O)c3ccccc3o2)cc1. The van der Waals surface area contributed by atoms with Gasteiger partial charge in [-0.1, -0.05) is 0 Å². The normalized spacial score (nSPS) is 11.8. The average molecular weight is 511 g/mol. The molecular weight excluding hydrogens is 475 g/mol. The molecule has 3 aromatic rings. The number of unbranched alkanes of at least 4 members (excludes halogenated alkanes) is 3. The third kappa shape index (κ3) is 5.38. The zero-order valence-electron chi connectivity index (χ0n) is 18.9. The monoisotopic (exact) mass is 512 g/mol. The molecule has 0 bridgehead atoms. The third-order valence-corrected chi connectivity index (χ3v) is 22.1. The molecule has 0 spiro atoms. The summed E-state index contributed by atoms with van der Waals surface area (Å²) in [4.78, 5) is 12.5. The zero-order valence-corrected chi connectivity index (χ0v) is 21.7. The molecule has 1 aromatic heterocycles. The van der Waals surface area contributed by atoms with E-state index in [1.807, 2.05) is 24.3 Å².